The molecular weight excluding hydrogens is 382 g/mol. The van der Waals surface area contributed by atoms with Gasteiger partial charge in [0.05, 0.1) is 11.8 Å². The third-order valence-corrected chi connectivity index (χ3v) is 5.35. The first-order valence-electron chi connectivity index (χ1n) is 9.11. The van der Waals surface area contributed by atoms with E-state index in [0.29, 0.717) is 41.5 Å². The second-order valence-electron chi connectivity index (χ2n) is 6.82. The first kappa shape index (κ1) is 19.9. The van der Waals surface area contributed by atoms with E-state index in [1.807, 2.05) is 0 Å². The molecule has 0 radical (unpaired) electrons. The predicted octanol–water partition coefficient (Wildman–Crippen LogP) is 2.85. The van der Waals surface area contributed by atoms with E-state index < -0.39 is 11.8 Å². The number of hydrogen-bond acceptors (Lipinski definition) is 4. The number of carbonyl (C=O) groups excluding carboxylic acids is 3. The number of likely N-dealkylation sites (tertiary alicyclic amines) is 1. The van der Waals surface area contributed by atoms with Gasteiger partial charge in [-0.2, -0.15) is 0 Å². The van der Waals surface area contributed by atoms with Gasteiger partial charge in [-0.05, 0) is 49.4 Å². The van der Waals surface area contributed by atoms with Gasteiger partial charge in [0, 0.05) is 30.3 Å². The molecule has 0 aliphatic carbocycles. The third kappa shape index (κ3) is 4.72. The van der Waals surface area contributed by atoms with E-state index in [1.54, 1.807) is 36.1 Å². The molecule has 7 nitrogen and oxygen atoms in total. The fourth-order valence-electron chi connectivity index (χ4n) is 3.15. The minimum Gasteiger partial charge on any atom is -0.472 e. The average molecular weight is 404 g/mol. The molecule has 1 aromatic heterocycles. The Bertz CT molecular complexity index is 858. The number of benzene rings is 1. The topological polar surface area (TPSA) is 91.7 Å². The van der Waals surface area contributed by atoms with E-state index in [9.17, 15) is 14.4 Å². The molecule has 1 aromatic carbocycles. The van der Waals surface area contributed by atoms with Crippen LogP contribution in [0.15, 0.2) is 41.2 Å². The molecule has 3 amide bonds. The van der Waals surface area contributed by atoms with Crippen LogP contribution in [0.2, 0.25) is 5.02 Å². The van der Waals surface area contributed by atoms with Gasteiger partial charge in [-0.1, -0.05) is 17.7 Å². The van der Waals surface area contributed by atoms with E-state index in [2.05, 4.69) is 10.6 Å². The molecule has 2 aromatic rings. The van der Waals surface area contributed by atoms with Gasteiger partial charge in [0.1, 0.15) is 6.26 Å². The van der Waals surface area contributed by atoms with Gasteiger partial charge in [-0.3, -0.25) is 14.4 Å². The van der Waals surface area contributed by atoms with Crippen molar-refractivity contribution in [3.63, 3.8) is 0 Å². The summed E-state index contributed by atoms with van der Waals surface area (Å²) in [6.07, 6.45) is 4.44. The number of amides is 3. The largest absolute Gasteiger partial charge is 0.472 e. The van der Waals surface area contributed by atoms with Gasteiger partial charge >= 0.3 is 11.8 Å². The third-order valence-electron chi connectivity index (χ3n) is 4.94. The van der Waals surface area contributed by atoms with E-state index >= 15 is 0 Å². The lowest BCUT2D eigenvalue weighted by molar-refractivity contribution is -0.136. The Labute approximate surface area is 168 Å². The monoisotopic (exact) mass is 403 g/mol. The second-order valence-corrected chi connectivity index (χ2v) is 7.23. The van der Waals surface area contributed by atoms with Crippen LogP contribution < -0.4 is 10.6 Å². The van der Waals surface area contributed by atoms with Crippen LogP contribution >= 0.6 is 11.6 Å². The molecule has 1 fully saturated rings. The number of anilines is 1. The highest BCUT2D eigenvalue weighted by atomic mass is 35.5. The van der Waals surface area contributed by atoms with Crippen LogP contribution in [-0.2, 0) is 9.59 Å². The van der Waals surface area contributed by atoms with Crippen molar-refractivity contribution in [2.75, 3.05) is 25.0 Å². The number of rotatable bonds is 4. The molecule has 3 rings (SSSR count). The average Bonchev–Trinajstić information content (AvgIpc) is 3.24. The zero-order valence-electron chi connectivity index (χ0n) is 15.5. The zero-order valence-corrected chi connectivity index (χ0v) is 16.3. The van der Waals surface area contributed by atoms with Gasteiger partial charge in [0.15, 0.2) is 0 Å². The zero-order chi connectivity index (χ0) is 20.1. The molecule has 0 unspecified atom stereocenters. The molecule has 8 heteroatoms. The van der Waals surface area contributed by atoms with Crippen molar-refractivity contribution in [3.05, 3.63) is 52.9 Å². The standard InChI is InChI=1S/C20H22ClN3O4/c1-13-16(21)3-2-4-17(13)23-19(26)18(25)22-11-14-5-8-24(9-6-14)20(27)15-7-10-28-12-15/h2-4,7,10,12,14H,5-6,8-9,11H2,1H3,(H,22,25)(H,23,26). The van der Waals surface area contributed by atoms with Crippen LogP contribution in [0.25, 0.3) is 0 Å². The van der Waals surface area contributed by atoms with Crippen LogP contribution in [-0.4, -0.2) is 42.3 Å². The molecule has 2 heterocycles. The summed E-state index contributed by atoms with van der Waals surface area (Å²) in [5.74, 6) is -1.24. The number of nitrogens with one attached hydrogen (secondary N) is 2. The van der Waals surface area contributed by atoms with Crippen molar-refractivity contribution < 1.29 is 18.8 Å². The quantitative estimate of drug-likeness (QED) is 0.768. The molecule has 1 saturated heterocycles. The fraction of sp³-hybridized carbons (Fsp3) is 0.350. The maximum absolute atomic E-state index is 12.3. The maximum Gasteiger partial charge on any atom is 0.313 e. The summed E-state index contributed by atoms with van der Waals surface area (Å²) >= 11 is 6.02. The van der Waals surface area contributed by atoms with Crippen molar-refractivity contribution in [2.24, 2.45) is 5.92 Å². The lowest BCUT2D eigenvalue weighted by atomic mass is 9.96. The highest BCUT2D eigenvalue weighted by Gasteiger charge is 2.25. The Morgan fingerprint density at radius 3 is 2.61 bits per heavy atom. The van der Waals surface area contributed by atoms with E-state index in [1.165, 1.54) is 12.5 Å². The van der Waals surface area contributed by atoms with Crippen LogP contribution in [0, 0.1) is 12.8 Å². The summed E-state index contributed by atoms with van der Waals surface area (Å²) in [5.41, 5.74) is 1.76. The lowest BCUT2D eigenvalue weighted by Crippen LogP contribution is -2.43. The summed E-state index contributed by atoms with van der Waals surface area (Å²) in [4.78, 5) is 38.2. The highest BCUT2D eigenvalue weighted by Crippen LogP contribution is 2.23. The van der Waals surface area contributed by atoms with Gasteiger partial charge in [0.25, 0.3) is 5.91 Å². The molecule has 148 valence electrons. The van der Waals surface area contributed by atoms with Gasteiger partial charge in [-0.25, -0.2) is 0 Å². The summed E-state index contributed by atoms with van der Waals surface area (Å²) in [5, 5.41) is 5.78. The number of carbonyl (C=O) groups is 3. The second kappa shape index (κ2) is 8.93. The molecule has 0 atom stereocenters. The maximum atomic E-state index is 12.3. The minimum absolute atomic E-state index is 0.0486. The number of furan rings is 1. The van der Waals surface area contributed by atoms with E-state index in [0.717, 1.165) is 12.8 Å². The number of hydrogen-bond donors (Lipinski definition) is 2. The Hall–Kier alpha value is -2.80. The van der Waals surface area contributed by atoms with Gasteiger partial charge in [-0.15, -0.1) is 0 Å². The van der Waals surface area contributed by atoms with Gasteiger partial charge < -0.3 is 20.0 Å². The molecular formula is C20H22ClN3O4. The van der Waals surface area contributed by atoms with E-state index in [-0.39, 0.29) is 11.8 Å². The van der Waals surface area contributed by atoms with Crippen molar-refractivity contribution in [2.45, 2.75) is 19.8 Å². The predicted molar refractivity (Wildman–Crippen MR) is 105 cm³/mol. The van der Waals surface area contributed by atoms with Crippen molar-refractivity contribution >= 4 is 35.0 Å². The summed E-state index contributed by atoms with van der Waals surface area (Å²) in [7, 11) is 0. The molecule has 0 bridgehead atoms. The smallest absolute Gasteiger partial charge is 0.313 e. The van der Waals surface area contributed by atoms with Crippen LogP contribution in [0.5, 0.6) is 0 Å². The fourth-order valence-corrected chi connectivity index (χ4v) is 3.32. The van der Waals surface area contributed by atoms with Crippen LogP contribution in [0.4, 0.5) is 5.69 Å². The Morgan fingerprint density at radius 1 is 1.18 bits per heavy atom. The Morgan fingerprint density at radius 2 is 1.93 bits per heavy atom. The molecule has 1 aliphatic heterocycles. The van der Waals surface area contributed by atoms with Crippen molar-refractivity contribution in [3.8, 4) is 0 Å². The van der Waals surface area contributed by atoms with Crippen molar-refractivity contribution in [1.82, 2.24) is 10.2 Å². The Kier molecular flexibility index (Phi) is 6.36. The molecule has 0 spiro atoms. The lowest BCUT2D eigenvalue weighted by Gasteiger charge is -2.31. The number of nitrogens with zero attached hydrogens (tertiary/aromatic N) is 1. The van der Waals surface area contributed by atoms with E-state index in [4.69, 9.17) is 16.0 Å². The van der Waals surface area contributed by atoms with Crippen LogP contribution in [0.1, 0.15) is 28.8 Å². The summed E-state index contributed by atoms with van der Waals surface area (Å²) in [6, 6.07) is 6.77. The SMILES string of the molecule is Cc1c(Cl)cccc1NC(=O)C(=O)NCC1CCN(C(=O)c2ccoc2)CC1. The molecule has 28 heavy (non-hydrogen) atoms. The molecule has 0 saturated carbocycles. The summed E-state index contributed by atoms with van der Waals surface area (Å²) in [6.45, 7) is 3.39. The first-order valence-corrected chi connectivity index (χ1v) is 9.49. The highest BCUT2D eigenvalue weighted by molar-refractivity contribution is 6.40. The van der Waals surface area contributed by atoms with Crippen LogP contribution in [0.3, 0.4) is 0 Å². The number of piperidine rings is 1. The first-order chi connectivity index (χ1) is 13.5. The van der Waals surface area contributed by atoms with Crippen molar-refractivity contribution in [1.29, 1.82) is 0 Å². The number of halogens is 1. The molecule has 2 N–H and O–H groups in total. The Balaban J connectivity index is 1.43. The minimum atomic E-state index is -0.724. The molecule has 1 aliphatic rings. The summed E-state index contributed by atoms with van der Waals surface area (Å²) < 4.78 is 4.95. The normalized spacial score (nSPS) is 14.6. The van der Waals surface area contributed by atoms with Gasteiger partial charge in [0.2, 0.25) is 0 Å².